The number of aryl methyl sites for hydroxylation is 2. The van der Waals surface area contributed by atoms with Gasteiger partial charge in [0.25, 0.3) is 5.91 Å². The Kier molecular flexibility index (Phi) is 8.06. The van der Waals surface area contributed by atoms with Crippen molar-refractivity contribution in [3.05, 3.63) is 47.3 Å². The van der Waals surface area contributed by atoms with Crippen molar-refractivity contribution in [3.8, 4) is 0 Å². The molecule has 1 amide bonds. The highest BCUT2D eigenvalue weighted by Gasteiger charge is 2.13. The predicted molar refractivity (Wildman–Crippen MR) is 122 cm³/mol. The number of nitrogens with one attached hydrogen (secondary N) is 2. The average molecular weight is 427 g/mol. The summed E-state index contributed by atoms with van der Waals surface area (Å²) >= 11 is 0. The van der Waals surface area contributed by atoms with Gasteiger partial charge in [0.2, 0.25) is 0 Å². The number of fused-ring (bicyclic) bond motifs is 1. The Morgan fingerprint density at radius 3 is 2.65 bits per heavy atom. The van der Waals surface area contributed by atoms with Crippen LogP contribution in [0.15, 0.2) is 29.5 Å². The van der Waals surface area contributed by atoms with E-state index >= 15 is 0 Å². The maximum absolute atomic E-state index is 12.5. The molecule has 0 saturated carbocycles. The van der Waals surface area contributed by atoms with Gasteiger partial charge in [0, 0.05) is 25.3 Å². The quantitative estimate of drug-likeness (QED) is 0.718. The second kappa shape index (κ2) is 10.9. The van der Waals surface area contributed by atoms with Crippen molar-refractivity contribution in [2.75, 3.05) is 38.0 Å². The number of hydrogen-bond donors (Lipinski definition) is 2. The molecule has 0 atom stereocenters. The van der Waals surface area contributed by atoms with Gasteiger partial charge in [0.15, 0.2) is 0 Å². The van der Waals surface area contributed by atoms with E-state index in [0.29, 0.717) is 17.9 Å². The Hall–Kier alpha value is -2.87. The molecule has 2 aliphatic rings. The summed E-state index contributed by atoms with van der Waals surface area (Å²) in [5.74, 6) is -0.265. The lowest BCUT2D eigenvalue weighted by Crippen LogP contribution is -2.36. The molecule has 0 unspecified atom stereocenters. The van der Waals surface area contributed by atoms with Gasteiger partial charge in [-0.05, 0) is 76.9 Å². The molecule has 0 radical (unpaired) electrons. The average Bonchev–Trinajstić information content (AvgIpc) is 3.42. The number of benzene rings is 1. The van der Waals surface area contributed by atoms with Crippen LogP contribution in [-0.2, 0) is 11.2 Å². The van der Waals surface area contributed by atoms with E-state index in [4.69, 9.17) is 0 Å². The molecule has 2 N–H and O–H groups in total. The monoisotopic (exact) mass is 426 g/mol. The molecule has 0 bridgehead atoms. The highest BCUT2D eigenvalue weighted by molar-refractivity contribution is 6.38. The van der Waals surface area contributed by atoms with Crippen molar-refractivity contribution in [2.45, 2.75) is 40.0 Å². The molecular weight excluding hydrogens is 395 g/mol. The summed E-state index contributed by atoms with van der Waals surface area (Å²) < 4.78 is 12.5. The maximum Gasteiger partial charge on any atom is 0.265 e. The number of likely N-dealkylation sites (tertiary alicyclic amines) is 1. The van der Waals surface area contributed by atoms with Gasteiger partial charge in [-0.15, -0.1) is 0 Å². The van der Waals surface area contributed by atoms with Crippen LogP contribution in [0.1, 0.15) is 36.7 Å². The Morgan fingerprint density at radius 1 is 1.23 bits per heavy atom. The fraction of sp³-hybridized carbons (Fsp3) is 0.478. The third-order valence-electron chi connectivity index (χ3n) is 5.49. The van der Waals surface area contributed by atoms with Gasteiger partial charge in [-0.2, -0.15) is 0 Å². The summed E-state index contributed by atoms with van der Waals surface area (Å²) in [5, 5.41) is 6.08. The van der Waals surface area contributed by atoms with E-state index in [0.717, 1.165) is 55.2 Å². The van der Waals surface area contributed by atoms with Gasteiger partial charge in [-0.25, -0.2) is 19.4 Å². The van der Waals surface area contributed by atoms with E-state index in [2.05, 4.69) is 30.5 Å². The van der Waals surface area contributed by atoms with Crippen molar-refractivity contribution in [1.29, 1.82) is 0 Å². The smallest absolute Gasteiger partial charge is 0.265 e. The zero-order valence-corrected chi connectivity index (χ0v) is 18.5. The largest absolute Gasteiger partial charge is 0.384 e. The SMILES string of the molecule is CC(=Nc1c(C)ncnc1C)C(=O)NCCN1CCCC1.Fc1ccc2c(c1)CCN2. The first-order valence-electron chi connectivity index (χ1n) is 10.8. The third-order valence-corrected chi connectivity index (χ3v) is 5.49. The van der Waals surface area contributed by atoms with Gasteiger partial charge in [-0.3, -0.25) is 4.79 Å². The second-order valence-electron chi connectivity index (χ2n) is 7.87. The van der Waals surface area contributed by atoms with E-state index in [1.54, 1.807) is 19.1 Å². The zero-order chi connectivity index (χ0) is 22.2. The molecule has 2 aliphatic heterocycles. The fourth-order valence-electron chi connectivity index (χ4n) is 3.70. The van der Waals surface area contributed by atoms with Crippen molar-refractivity contribution in [3.63, 3.8) is 0 Å². The van der Waals surface area contributed by atoms with Crippen LogP contribution in [0.25, 0.3) is 0 Å². The number of anilines is 1. The first kappa shape index (κ1) is 22.8. The summed E-state index contributed by atoms with van der Waals surface area (Å²) in [5.41, 5.74) is 4.88. The Bertz CT molecular complexity index is 919. The number of aliphatic imine (C=N–C) groups is 1. The number of rotatable bonds is 5. The maximum atomic E-state index is 12.5. The topological polar surface area (TPSA) is 82.5 Å². The first-order chi connectivity index (χ1) is 14.9. The van der Waals surface area contributed by atoms with E-state index in [9.17, 15) is 9.18 Å². The molecular formula is C23H31FN6O. The number of hydrogen-bond acceptors (Lipinski definition) is 6. The molecule has 1 aromatic heterocycles. The van der Waals surface area contributed by atoms with Crippen LogP contribution in [0.5, 0.6) is 0 Å². The summed E-state index contributed by atoms with van der Waals surface area (Å²) in [4.78, 5) is 27.0. The van der Waals surface area contributed by atoms with Crippen LogP contribution >= 0.6 is 0 Å². The predicted octanol–water partition coefficient (Wildman–Crippen LogP) is 3.19. The van der Waals surface area contributed by atoms with Crippen LogP contribution in [0, 0.1) is 19.7 Å². The minimum absolute atomic E-state index is 0.128. The Morgan fingerprint density at radius 2 is 1.94 bits per heavy atom. The van der Waals surface area contributed by atoms with E-state index < -0.39 is 0 Å². The molecule has 3 heterocycles. The number of carbonyl (C=O) groups excluding carboxylic acids is 1. The molecule has 0 aliphatic carbocycles. The summed E-state index contributed by atoms with van der Waals surface area (Å²) in [6, 6.07) is 4.87. The molecule has 0 spiro atoms. The zero-order valence-electron chi connectivity index (χ0n) is 18.5. The number of aromatic nitrogens is 2. The van der Waals surface area contributed by atoms with Crippen molar-refractivity contribution < 1.29 is 9.18 Å². The van der Waals surface area contributed by atoms with Crippen LogP contribution < -0.4 is 10.6 Å². The number of halogens is 1. The lowest BCUT2D eigenvalue weighted by Gasteiger charge is -2.14. The second-order valence-corrected chi connectivity index (χ2v) is 7.87. The third kappa shape index (κ3) is 6.55. The van der Waals surface area contributed by atoms with Crippen molar-refractivity contribution in [1.82, 2.24) is 20.2 Å². The van der Waals surface area contributed by atoms with Gasteiger partial charge >= 0.3 is 0 Å². The molecule has 4 rings (SSSR count). The molecule has 1 saturated heterocycles. The minimum Gasteiger partial charge on any atom is -0.384 e. The number of nitrogens with zero attached hydrogens (tertiary/aromatic N) is 4. The normalized spacial score (nSPS) is 15.7. The van der Waals surface area contributed by atoms with Crippen molar-refractivity contribution in [2.24, 2.45) is 4.99 Å². The van der Waals surface area contributed by atoms with E-state index in [1.165, 1.54) is 25.2 Å². The Labute approximate surface area is 183 Å². The fourth-order valence-corrected chi connectivity index (χ4v) is 3.70. The van der Waals surface area contributed by atoms with Crippen LogP contribution in [0.4, 0.5) is 15.8 Å². The molecule has 1 fully saturated rings. The standard InChI is InChI=1S/C15H23N5O.C8H8FN/c1-11-14(12(2)18-10-17-11)19-13(3)15(21)16-6-9-20-7-4-5-8-20;9-7-1-2-8-6(5-7)3-4-10-8/h10H,4-9H2,1-3H3,(H,16,21);1-2,5,10H,3-4H2. The lowest BCUT2D eigenvalue weighted by molar-refractivity contribution is -0.114. The summed E-state index contributed by atoms with van der Waals surface area (Å²) in [6.07, 6.45) is 4.99. The van der Waals surface area contributed by atoms with E-state index in [-0.39, 0.29) is 11.7 Å². The molecule has 31 heavy (non-hydrogen) atoms. The summed E-state index contributed by atoms with van der Waals surface area (Å²) in [6.45, 7) is 10.2. The minimum atomic E-state index is -0.137. The van der Waals surface area contributed by atoms with Crippen molar-refractivity contribution >= 4 is 23.0 Å². The first-order valence-corrected chi connectivity index (χ1v) is 10.8. The van der Waals surface area contributed by atoms with Gasteiger partial charge < -0.3 is 15.5 Å². The highest BCUT2D eigenvalue weighted by atomic mass is 19.1. The molecule has 166 valence electrons. The van der Waals surface area contributed by atoms with Gasteiger partial charge in [-0.1, -0.05) is 0 Å². The number of carbonyl (C=O) groups is 1. The van der Waals surface area contributed by atoms with Gasteiger partial charge in [0.05, 0.1) is 11.4 Å². The molecule has 1 aromatic carbocycles. The van der Waals surface area contributed by atoms with Crippen LogP contribution in [0.2, 0.25) is 0 Å². The van der Waals surface area contributed by atoms with Crippen LogP contribution in [-0.4, -0.2) is 59.2 Å². The number of amides is 1. The molecule has 2 aromatic rings. The van der Waals surface area contributed by atoms with E-state index in [1.807, 2.05) is 13.8 Å². The lowest BCUT2D eigenvalue weighted by atomic mass is 10.2. The highest BCUT2D eigenvalue weighted by Crippen LogP contribution is 2.22. The Balaban J connectivity index is 0.000000225. The van der Waals surface area contributed by atoms with Gasteiger partial charge in [0.1, 0.15) is 23.5 Å². The van der Waals surface area contributed by atoms with Crippen LogP contribution in [0.3, 0.4) is 0 Å². The molecule has 8 heteroatoms. The summed E-state index contributed by atoms with van der Waals surface area (Å²) in [7, 11) is 0. The molecule has 7 nitrogen and oxygen atoms in total.